The molecule has 0 N–H and O–H groups in total. The molecule has 0 unspecified atom stereocenters. The molecule has 4 rings (SSSR count). The van der Waals surface area contributed by atoms with E-state index in [0.717, 1.165) is 36.1 Å². The first-order valence-electron chi connectivity index (χ1n) is 11.3. The Hall–Kier alpha value is -3.28. The minimum atomic E-state index is 0.131. The molecule has 6 heteroatoms. The van der Waals surface area contributed by atoms with Crippen LogP contribution in [0.15, 0.2) is 54.6 Å². The summed E-state index contributed by atoms with van der Waals surface area (Å²) in [5.74, 6) is 2.26. The van der Waals surface area contributed by atoms with Crippen LogP contribution in [0.25, 0.3) is 11.3 Å². The first-order valence-corrected chi connectivity index (χ1v) is 11.3. The monoisotopic (exact) mass is 433 g/mol. The van der Waals surface area contributed by atoms with Gasteiger partial charge in [-0.05, 0) is 38.3 Å². The van der Waals surface area contributed by atoms with Crippen LogP contribution in [0, 0.1) is 5.92 Å². The van der Waals surface area contributed by atoms with Gasteiger partial charge in [0.2, 0.25) is 11.8 Å². The molecule has 0 radical (unpaired) electrons. The lowest BCUT2D eigenvalue weighted by Crippen LogP contribution is -2.38. The highest BCUT2D eigenvalue weighted by atomic mass is 16.5. The SMILES string of the molecule is CC[C@H](C)N(Cc1c(-c2ccccc2)nn(C)c1Oc1ccccc1OC)C(=O)C1CC1. The van der Waals surface area contributed by atoms with E-state index in [1.165, 1.54) is 0 Å². The van der Waals surface area contributed by atoms with Crippen LogP contribution in [0.1, 0.15) is 38.7 Å². The number of ether oxygens (including phenoxy) is 2. The quantitative estimate of drug-likeness (QED) is 0.452. The lowest BCUT2D eigenvalue weighted by Gasteiger charge is -2.29. The van der Waals surface area contributed by atoms with Crippen molar-refractivity contribution in [1.29, 1.82) is 0 Å². The van der Waals surface area contributed by atoms with Crippen LogP contribution in [0.4, 0.5) is 0 Å². The zero-order valence-electron chi connectivity index (χ0n) is 19.2. The minimum Gasteiger partial charge on any atom is -0.493 e. The number of aromatic nitrogens is 2. The van der Waals surface area contributed by atoms with Crippen LogP contribution in [-0.4, -0.2) is 33.7 Å². The Morgan fingerprint density at radius 1 is 1.12 bits per heavy atom. The number of carbonyl (C=O) groups is 1. The molecule has 168 valence electrons. The van der Waals surface area contributed by atoms with Gasteiger partial charge in [0.1, 0.15) is 5.69 Å². The lowest BCUT2D eigenvalue weighted by atomic mass is 10.1. The molecule has 1 aliphatic carbocycles. The largest absolute Gasteiger partial charge is 0.493 e. The number of amides is 1. The number of carbonyl (C=O) groups excluding carboxylic acids is 1. The summed E-state index contributed by atoms with van der Waals surface area (Å²) in [5.41, 5.74) is 2.73. The maximum atomic E-state index is 13.2. The second-order valence-corrected chi connectivity index (χ2v) is 8.37. The molecule has 6 nitrogen and oxygen atoms in total. The zero-order valence-corrected chi connectivity index (χ0v) is 19.2. The highest BCUT2D eigenvalue weighted by Crippen LogP contribution is 2.39. The molecular weight excluding hydrogens is 402 g/mol. The van der Waals surface area contributed by atoms with Crippen molar-refractivity contribution in [2.45, 2.75) is 45.7 Å². The highest BCUT2D eigenvalue weighted by molar-refractivity contribution is 5.81. The van der Waals surface area contributed by atoms with E-state index in [9.17, 15) is 4.79 Å². The Morgan fingerprint density at radius 2 is 1.78 bits per heavy atom. The van der Waals surface area contributed by atoms with Crippen molar-refractivity contribution < 1.29 is 14.3 Å². The molecule has 1 saturated carbocycles. The predicted molar refractivity (Wildman–Crippen MR) is 125 cm³/mol. The van der Waals surface area contributed by atoms with Crippen LogP contribution in [0.3, 0.4) is 0 Å². The van der Waals surface area contributed by atoms with Crippen LogP contribution in [0.2, 0.25) is 0 Å². The van der Waals surface area contributed by atoms with Crippen molar-refractivity contribution in [1.82, 2.24) is 14.7 Å². The molecule has 3 aromatic rings. The van der Waals surface area contributed by atoms with E-state index >= 15 is 0 Å². The van der Waals surface area contributed by atoms with Gasteiger partial charge in [0.05, 0.1) is 19.2 Å². The van der Waals surface area contributed by atoms with E-state index < -0.39 is 0 Å². The second kappa shape index (κ2) is 9.47. The molecule has 1 atom stereocenters. The number of hydrogen-bond acceptors (Lipinski definition) is 4. The van der Waals surface area contributed by atoms with Gasteiger partial charge >= 0.3 is 0 Å². The molecule has 1 amide bonds. The van der Waals surface area contributed by atoms with Gasteiger partial charge in [0.25, 0.3) is 0 Å². The molecular formula is C26H31N3O3. The molecule has 1 heterocycles. The zero-order chi connectivity index (χ0) is 22.7. The van der Waals surface area contributed by atoms with Gasteiger partial charge in [-0.3, -0.25) is 4.79 Å². The van der Waals surface area contributed by atoms with Gasteiger partial charge in [0.15, 0.2) is 11.5 Å². The standard InChI is InChI=1S/C26H31N3O3/c1-5-18(2)29(25(30)20-15-16-20)17-21-24(19-11-7-6-8-12-19)27-28(3)26(21)32-23-14-10-9-13-22(23)31-4/h6-14,18,20H,5,15-17H2,1-4H3/t18-/m0/s1. The Morgan fingerprint density at radius 3 is 2.41 bits per heavy atom. The summed E-state index contributed by atoms with van der Waals surface area (Å²) in [7, 11) is 3.50. The molecule has 0 saturated heterocycles. The summed E-state index contributed by atoms with van der Waals surface area (Å²) in [6, 6.07) is 17.7. The fourth-order valence-corrected chi connectivity index (χ4v) is 3.86. The molecule has 32 heavy (non-hydrogen) atoms. The molecule has 1 aromatic heterocycles. The van der Waals surface area contributed by atoms with E-state index in [-0.39, 0.29) is 17.9 Å². The number of nitrogens with zero attached hydrogens (tertiary/aromatic N) is 3. The summed E-state index contributed by atoms with van der Waals surface area (Å²) in [4.78, 5) is 15.2. The Kier molecular flexibility index (Phi) is 6.49. The number of rotatable bonds is 9. The summed E-state index contributed by atoms with van der Waals surface area (Å²) in [5, 5.41) is 4.80. The topological polar surface area (TPSA) is 56.6 Å². The fourth-order valence-electron chi connectivity index (χ4n) is 3.86. The number of para-hydroxylation sites is 2. The summed E-state index contributed by atoms with van der Waals surface area (Å²) in [6.45, 7) is 4.68. The van der Waals surface area contributed by atoms with Gasteiger partial charge in [-0.25, -0.2) is 4.68 Å². The van der Waals surface area contributed by atoms with Crippen molar-refractivity contribution in [3.8, 4) is 28.6 Å². The van der Waals surface area contributed by atoms with Gasteiger partial charge in [0, 0.05) is 24.6 Å². The smallest absolute Gasteiger partial charge is 0.226 e. The third-order valence-corrected chi connectivity index (χ3v) is 6.07. The van der Waals surface area contributed by atoms with Crippen molar-refractivity contribution in [2.24, 2.45) is 13.0 Å². The molecule has 0 spiro atoms. The van der Waals surface area contributed by atoms with Crippen LogP contribution in [0.5, 0.6) is 17.4 Å². The highest BCUT2D eigenvalue weighted by Gasteiger charge is 2.36. The number of methoxy groups -OCH3 is 1. The number of benzene rings is 2. The molecule has 0 aliphatic heterocycles. The normalized spacial score (nSPS) is 14.1. The predicted octanol–water partition coefficient (Wildman–Crippen LogP) is 5.43. The van der Waals surface area contributed by atoms with Gasteiger partial charge < -0.3 is 14.4 Å². The van der Waals surface area contributed by atoms with E-state index in [2.05, 4.69) is 13.8 Å². The third-order valence-electron chi connectivity index (χ3n) is 6.07. The summed E-state index contributed by atoms with van der Waals surface area (Å²) in [6.07, 6.45) is 2.85. The van der Waals surface area contributed by atoms with E-state index in [1.54, 1.807) is 11.8 Å². The van der Waals surface area contributed by atoms with E-state index in [0.29, 0.717) is 23.9 Å². The van der Waals surface area contributed by atoms with Gasteiger partial charge in [-0.15, -0.1) is 0 Å². The minimum absolute atomic E-state index is 0.131. The maximum absolute atomic E-state index is 13.2. The molecule has 1 aliphatic rings. The van der Waals surface area contributed by atoms with Gasteiger partial charge in [-0.1, -0.05) is 49.4 Å². The van der Waals surface area contributed by atoms with Crippen molar-refractivity contribution in [2.75, 3.05) is 7.11 Å². The average molecular weight is 434 g/mol. The lowest BCUT2D eigenvalue weighted by molar-refractivity contribution is -0.135. The fraction of sp³-hybridized carbons (Fsp3) is 0.385. The van der Waals surface area contributed by atoms with Crippen molar-refractivity contribution >= 4 is 5.91 Å². The first-order chi connectivity index (χ1) is 15.5. The summed E-state index contributed by atoms with van der Waals surface area (Å²) < 4.78 is 13.6. The molecule has 2 aromatic carbocycles. The first kappa shape index (κ1) is 21.9. The third kappa shape index (κ3) is 4.49. The number of hydrogen-bond donors (Lipinski definition) is 0. The van der Waals surface area contributed by atoms with Crippen LogP contribution >= 0.6 is 0 Å². The van der Waals surface area contributed by atoms with E-state index in [4.69, 9.17) is 14.6 Å². The average Bonchev–Trinajstić information content (AvgIpc) is 3.63. The van der Waals surface area contributed by atoms with Crippen LogP contribution in [-0.2, 0) is 18.4 Å². The maximum Gasteiger partial charge on any atom is 0.226 e. The van der Waals surface area contributed by atoms with Crippen LogP contribution < -0.4 is 9.47 Å². The van der Waals surface area contributed by atoms with Gasteiger partial charge in [-0.2, -0.15) is 5.10 Å². The molecule has 0 bridgehead atoms. The molecule has 1 fully saturated rings. The Balaban J connectivity index is 1.79. The Bertz CT molecular complexity index is 1070. The summed E-state index contributed by atoms with van der Waals surface area (Å²) >= 11 is 0. The van der Waals surface area contributed by atoms with E-state index in [1.807, 2.05) is 66.5 Å². The second-order valence-electron chi connectivity index (χ2n) is 8.37. The Labute approximate surface area is 189 Å². The van der Waals surface area contributed by atoms with Crippen molar-refractivity contribution in [3.63, 3.8) is 0 Å². The van der Waals surface area contributed by atoms with Crippen molar-refractivity contribution in [3.05, 3.63) is 60.2 Å². The number of aryl methyl sites for hydroxylation is 1.